The average molecular weight is 231 g/mol. The van der Waals surface area contributed by atoms with Gasteiger partial charge < -0.3 is 4.74 Å². The highest BCUT2D eigenvalue weighted by atomic mass is 35.5. The van der Waals surface area contributed by atoms with Crippen molar-refractivity contribution < 1.29 is 4.74 Å². The Morgan fingerprint density at radius 3 is 2.64 bits per heavy atom. The van der Waals surface area contributed by atoms with Gasteiger partial charge >= 0.3 is 0 Å². The van der Waals surface area contributed by atoms with Crippen molar-refractivity contribution in [3.63, 3.8) is 0 Å². The summed E-state index contributed by atoms with van der Waals surface area (Å²) in [5.74, 6) is 3.85. The number of hydrogen-bond acceptors (Lipinski definition) is 2. The molecule has 78 valence electrons. The normalized spacial score (nSPS) is 10.1. The number of rotatable bonds is 7. The maximum Gasteiger partial charge on any atom is 0.119 e. The number of thioether (sulfide) groups is 1. The van der Waals surface area contributed by atoms with Gasteiger partial charge in [0.1, 0.15) is 5.75 Å². The zero-order valence-corrected chi connectivity index (χ0v) is 9.69. The lowest BCUT2D eigenvalue weighted by Crippen LogP contribution is -1.98. The van der Waals surface area contributed by atoms with Gasteiger partial charge in [-0.2, -0.15) is 11.8 Å². The van der Waals surface area contributed by atoms with E-state index in [1.165, 1.54) is 0 Å². The molecule has 0 heterocycles. The Morgan fingerprint density at radius 1 is 1.14 bits per heavy atom. The molecule has 0 saturated heterocycles. The molecule has 1 aromatic rings. The molecule has 14 heavy (non-hydrogen) atoms. The lowest BCUT2D eigenvalue weighted by Gasteiger charge is -2.04. The molecule has 1 rings (SSSR count). The summed E-state index contributed by atoms with van der Waals surface area (Å²) < 4.78 is 5.54. The summed E-state index contributed by atoms with van der Waals surface area (Å²) >= 11 is 7.43. The molecule has 0 radical (unpaired) electrons. The minimum absolute atomic E-state index is 0.740. The molecule has 0 aliphatic carbocycles. The van der Waals surface area contributed by atoms with Crippen LogP contribution in [0.5, 0.6) is 5.75 Å². The van der Waals surface area contributed by atoms with Gasteiger partial charge in [0.25, 0.3) is 0 Å². The van der Waals surface area contributed by atoms with Gasteiger partial charge in [-0.05, 0) is 24.3 Å². The van der Waals surface area contributed by atoms with E-state index in [1.807, 2.05) is 42.1 Å². The maximum absolute atomic E-state index is 5.56. The summed E-state index contributed by atoms with van der Waals surface area (Å²) in [5.41, 5.74) is 0. The summed E-state index contributed by atoms with van der Waals surface area (Å²) in [6.45, 7) is 0.791. The molecule has 0 fully saturated rings. The van der Waals surface area contributed by atoms with Crippen LogP contribution < -0.4 is 4.74 Å². The van der Waals surface area contributed by atoms with E-state index in [0.29, 0.717) is 0 Å². The first-order valence-electron chi connectivity index (χ1n) is 4.75. The van der Waals surface area contributed by atoms with Crippen LogP contribution in [0.3, 0.4) is 0 Å². The van der Waals surface area contributed by atoms with Gasteiger partial charge in [0.15, 0.2) is 0 Å². The van der Waals surface area contributed by atoms with Crippen molar-refractivity contribution in [2.75, 3.05) is 24.0 Å². The van der Waals surface area contributed by atoms with E-state index in [4.69, 9.17) is 16.3 Å². The summed E-state index contributed by atoms with van der Waals surface area (Å²) in [7, 11) is 0. The second-order valence-electron chi connectivity index (χ2n) is 2.82. The number of halogens is 1. The number of ether oxygens (including phenoxy) is 1. The summed E-state index contributed by atoms with van der Waals surface area (Å²) in [4.78, 5) is 0. The fourth-order valence-electron chi connectivity index (χ4n) is 1.02. The van der Waals surface area contributed by atoms with Gasteiger partial charge in [0.05, 0.1) is 6.61 Å². The Labute approximate surface area is 94.8 Å². The molecule has 0 unspecified atom stereocenters. The van der Waals surface area contributed by atoms with E-state index < -0.39 is 0 Å². The molecule has 3 heteroatoms. The minimum atomic E-state index is 0.740. The van der Waals surface area contributed by atoms with E-state index in [-0.39, 0.29) is 0 Å². The van der Waals surface area contributed by atoms with Crippen molar-refractivity contribution in [1.29, 1.82) is 0 Å². The van der Waals surface area contributed by atoms with Gasteiger partial charge in [0, 0.05) is 11.6 Å². The molecular weight excluding hydrogens is 216 g/mol. The predicted octanol–water partition coefficient (Wildman–Crippen LogP) is 3.43. The third-order valence-corrected chi connectivity index (χ3v) is 3.15. The molecule has 0 amide bonds. The van der Waals surface area contributed by atoms with Gasteiger partial charge in [0.2, 0.25) is 0 Å². The number of para-hydroxylation sites is 1. The third kappa shape index (κ3) is 5.40. The molecule has 0 aromatic heterocycles. The molecule has 0 N–H and O–H groups in total. The van der Waals surface area contributed by atoms with Crippen LogP contribution in [-0.4, -0.2) is 24.0 Å². The van der Waals surface area contributed by atoms with Crippen LogP contribution in [0, 0.1) is 0 Å². The first-order chi connectivity index (χ1) is 6.93. The van der Waals surface area contributed by atoms with E-state index >= 15 is 0 Å². The second kappa shape index (κ2) is 8.01. The highest BCUT2D eigenvalue weighted by Crippen LogP contribution is 2.09. The largest absolute Gasteiger partial charge is 0.494 e. The Hall–Kier alpha value is -0.340. The minimum Gasteiger partial charge on any atom is -0.494 e. The van der Waals surface area contributed by atoms with Gasteiger partial charge in [-0.15, -0.1) is 11.6 Å². The van der Waals surface area contributed by atoms with Gasteiger partial charge in [-0.25, -0.2) is 0 Å². The van der Waals surface area contributed by atoms with Crippen molar-refractivity contribution in [3.05, 3.63) is 30.3 Å². The fourth-order valence-corrected chi connectivity index (χ4v) is 1.99. The van der Waals surface area contributed by atoms with E-state index in [1.54, 1.807) is 0 Å². The van der Waals surface area contributed by atoms with Crippen LogP contribution >= 0.6 is 23.4 Å². The van der Waals surface area contributed by atoms with Crippen LogP contribution in [0.1, 0.15) is 6.42 Å². The average Bonchev–Trinajstić information content (AvgIpc) is 2.25. The molecular formula is C11H15ClOS. The van der Waals surface area contributed by atoms with E-state index in [9.17, 15) is 0 Å². The standard InChI is InChI=1S/C11H15ClOS/c12-7-10-14-9-4-8-13-11-5-2-1-3-6-11/h1-3,5-6H,4,7-10H2. The van der Waals surface area contributed by atoms with Crippen molar-refractivity contribution in [3.8, 4) is 5.75 Å². The molecule has 0 atom stereocenters. The third-order valence-electron chi connectivity index (χ3n) is 1.67. The van der Waals surface area contributed by atoms with E-state index in [2.05, 4.69) is 0 Å². The Balaban J connectivity index is 1.99. The summed E-state index contributed by atoms with van der Waals surface area (Å²) in [5, 5.41) is 0. The second-order valence-corrected chi connectivity index (χ2v) is 4.42. The van der Waals surface area contributed by atoms with Crippen LogP contribution in [0.4, 0.5) is 0 Å². The molecule has 1 nitrogen and oxygen atoms in total. The molecule has 0 bridgehead atoms. The number of hydrogen-bond donors (Lipinski definition) is 0. The van der Waals surface area contributed by atoms with Crippen LogP contribution in [0.15, 0.2) is 30.3 Å². The van der Waals surface area contributed by atoms with Crippen molar-refractivity contribution >= 4 is 23.4 Å². The SMILES string of the molecule is ClCCSCCCOc1ccccc1. The molecule has 1 aromatic carbocycles. The van der Waals surface area contributed by atoms with Gasteiger partial charge in [-0.1, -0.05) is 18.2 Å². The quantitative estimate of drug-likeness (QED) is 0.524. The van der Waals surface area contributed by atoms with Crippen LogP contribution in [0.25, 0.3) is 0 Å². The number of benzene rings is 1. The fraction of sp³-hybridized carbons (Fsp3) is 0.455. The first kappa shape index (κ1) is 11.7. The lowest BCUT2D eigenvalue weighted by atomic mass is 10.3. The predicted molar refractivity (Wildman–Crippen MR) is 64.6 cm³/mol. The molecule has 0 aliphatic rings. The summed E-state index contributed by atoms with van der Waals surface area (Å²) in [6, 6.07) is 9.91. The van der Waals surface area contributed by atoms with Crippen molar-refractivity contribution in [1.82, 2.24) is 0 Å². The highest BCUT2D eigenvalue weighted by molar-refractivity contribution is 7.99. The van der Waals surface area contributed by atoms with Gasteiger partial charge in [-0.3, -0.25) is 0 Å². The smallest absolute Gasteiger partial charge is 0.119 e. The molecule has 0 spiro atoms. The Kier molecular flexibility index (Phi) is 6.71. The Bertz CT molecular complexity index is 228. The first-order valence-corrected chi connectivity index (χ1v) is 6.44. The molecule has 0 aliphatic heterocycles. The zero-order valence-electron chi connectivity index (χ0n) is 8.12. The Morgan fingerprint density at radius 2 is 1.93 bits per heavy atom. The van der Waals surface area contributed by atoms with Crippen molar-refractivity contribution in [2.45, 2.75) is 6.42 Å². The highest BCUT2D eigenvalue weighted by Gasteiger charge is 1.92. The van der Waals surface area contributed by atoms with Crippen molar-refractivity contribution in [2.24, 2.45) is 0 Å². The van der Waals surface area contributed by atoms with Crippen LogP contribution in [-0.2, 0) is 0 Å². The summed E-state index contributed by atoms with van der Waals surface area (Å²) in [6.07, 6.45) is 1.08. The maximum atomic E-state index is 5.56. The lowest BCUT2D eigenvalue weighted by molar-refractivity contribution is 0.319. The van der Waals surface area contributed by atoms with E-state index in [0.717, 1.165) is 36.2 Å². The molecule has 0 saturated carbocycles. The zero-order chi connectivity index (χ0) is 10.1. The number of alkyl halides is 1. The topological polar surface area (TPSA) is 9.23 Å². The van der Waals surface area contributed by atoms with Crippen LogP contribution in [0.2, 0.25) is 0 Å². The monoisotopic (exact) mass is 230 g/mol.